The Hall–Kier alpha value is -1.35. The molecule has 3 nitrogen and oxygen atoms in total. The van der Waals surface area contributed by atoms with E-state index in [0.717, 1.165) is 25.9 Å². The molecule has 1 unspecified atom stereocenters. The number of amides is 1. The number of benzene rings is 1. The number of likely N-dealkylation sites (tertiary alicyclic amines) is 1. The van der Waals surface area contributed by atoms with Gasteiger partial charge in [0.2, 0.25) is 5.91 Å². The molecule has 1 atom stereocenters. The molecule has 1 aliphatic rings. The minimum atomic E-state index is 0.126. The summed E-state index contributed by atoms with van der Waals surface area (Å²) in [5.74, 6) is 0.344. The molecule has 1 fully saturated rings. The number of aliphatic hydroxyl groups is 1. The second kappa shape index (κ2) is 5.82. The highest BCUT2D eigenvalue weighted by atomic mass is 16.3. The molecule has 17 heavy (non-hydrogen) atoms. The Kier molecular flexibility index (Phi) is 4.15. The zero-order valence-corrected chi connectivity index (χ0v) is 10.0. The lowest BCUT2D eigenvalue weighted by molar-refractivity contribution is -0.127. The van der Waals surface area contributed by atoms with Crippen molar-refractivity contribution in [3.63, 3.8) is 0 Å². The van der Waals surface area contributed by atoms with Gasteiger partial charge in [0.15, 0.2) is 0 Å². The third-order valence-corrected chi connectivity index (χ3v) is 3.29. The van der Waals surface area contributed by atoms with Crippen LogP contribution in [0, 0.1) is 5.92 Å². The highest BCUT2D eigenvalue weighted by molar-refractivity contribution is 5.78. The van der Waals surface area contributed by atoms with Crippen LogP contribution < -0.4 is 0 Å². The van der Waals surface area contributed by atoms with Crippen LogP contribution in [0.2, 0.25) is 0 Å². The van der Waals surface area contributed by atoms with Gasteiger partial charge in [-0.3, -0.25) is 4.79 Å². The van der Waals surface area contributed by atoms with E-state index in [0.29, 0.717) is 6.42 Å². The maximum absolute atomic E-state index is 11.6. The molecule has 0 radical (unpaired) electrons. The molecule has 1 amide bonds. The van der Waals surface area contributed by atoms with Crippen LogP contribution >= 0.6 is 0 Å². The predicted molar refractivity (Wildman–Crippen MR) is 66.5 cm³/mol. The van der Waals surface area contributed by atoms with Crippen molar-refractivity contribution in [2.75, 3.05) is 19.7 Å². The lowest BCUT2D eigenvalue weighted by Gasteiger charge is -2.15. The van der Waals surface area contributed by atoms with Crippen LogP contribution in [0.5, 0.6) is 0 Å². The van der Waals surface area contributed by atoms with E-state index in [1.54, 1.807) is 0 Å². The van der Waals surface area contributed by atoms with Gasteiger partial charge in [0.25, 0.3) is 0 Å². The molecule has 1 aromatic rings. The second-order valence-corrected chi connectivity index (χ2v) is 4.68. The Labute approximate surface area is 102 Å². The molecule has 2 rings (SSSR count). The quantitative estimate of drug-likeness (QED) is 0.836. The Morgan fingerprint density at radius 3 is 2.71 bits per heavy atom. The Bertz CT molecular complexity index is 364. The van der Waals surface area contributed by atoms with Crippen molar-refractivity contribution >= 4 is 5.91 Å². The average Bonchev–Trinajstić information content (AvgIpc) is 2.72. The molecule has 1 saturated heterocycles. The van der Waals surface area contributed by atoms with Crippen LogP contribution in [0.3, 0.4) is 0 Å². The van der Waals surface area contributed by atoms with Crippen molar-refractivity contribution in [1.29, 1.82) is 0 Å². The van der Waals surface area contributed by atoms with Crippen LogP contribution in [-0.4, -0.2) is 35.6 Å². The van der Waals surface area contributed by atoms with Gasteiger partial charge in [-0.15, -0.1) is 0 Å². The minimum Gasteiger partial charge on any atom is -0.396 e. The fourth-order valence-corrected chi connectivity index (χ4v) is 2.31. The van der Waals surface area contributed by atoms with E-state index in [2.05, 4.69) is 12.1 Å². The zero-order valence-electron chi connectivity index (χ0n) is 10.0. The van der Waals surface area contributed by atoms with Gasteiger partial charge in [-0.05, 0) is 18.4 Å². The zero-order chi connectivity index (χ0) is 12.1. The SMILES string of the molecule is O=C1CC(CO)CN1CCCc1ccccc1. The van der Waals surface area contributed by atoms with Crippen LogP contribution in [0.15, 0.2) is 30.3 Å². The third kappa shape index (κ3) is 3.30. The van der Waals surface area contributed by atoms with Crippen molar-refractivity contribution < 1.29 is 9.90 Å². The molecule has 0 spiro atoms. The Balaban J connectivity index is 1.74. The molecule has 1 aliphatic heterocycles. The maximum atomic E-state index is 11.6. The van der Waals surface area contributed by atoms with Gasteiger partial charge >= 0.3 is 0 Å². The predicted octanol–water partition coefficient (Wildman–Crippen LogP) is 1.46. The molecule has 1 aromatic carbocycles. The molecule has 92 valence electrons. The lowest BCUT2D eigenvalue weighted by atomic mass is 10.1. The number of hydrogen-bond acceptors (Lipinski definition) is 2. The van der Waals surface area contributed by atoms with E-state index in [1.807, 2.05) is 23.1 Å². The van der Waals surface area contributed by atoms with Gasteiger partial charge in [-0.2, -0.15) is 0 Å². The molecule has 0 aromatic heterocycles. The first-order chi connectivity index (χ1) is 8.29. The number of aryl methyl sites for hydroxylation is 1. The van der Waals surface area contributed by atoms with E-state index in [1.165, 1.54) is 5.56 Å². The van der Waals surface area contributed by atoms with Crippen molar-refractivity contribution in [2.24, 2.45) is 5.92 Å². The fraction of sp³-hybridized carbons (Fsp3) is 0.500. The highest BCUT2D eigenvalue weighted by Crippen LogP contribution is 2.17. The number of aliphatic hydroxyl groups excluding tert-OH is 1. The Morgan fingerprint density at radius 2 is 2.06 bits per heavy atom. The number of rotatable bonds is 5. The van der Waals surface area contributed by atoms with E-state index in [9.17, 15) is 4.79 Å². The van der Waals surface area contributed by atoms with Gasteiger partial charge < -0.3 is 10.0 Å². The fourth-order valence-electron chi connectivity index (χ4n) is 2.31. The molecule has 1 heterocycles. The summed E-state index contributed by atoms with van der Waals surface area (Å²) < 4.78 is 0. The van der Waals surface area contributed by atoms with Crippen molar-refractivity contribution in [1.82, 2.24) is 4.90 Å². The summed E-state index contributed by atoms with van der Waals surface area (Å²) in [6, 6.07) is 10.3. The Morgan fingerprint density at radius 1 is 1.29 bits per heavy atom. The van der Waals surface area contributed by atoms with Gasteiger partial charge in [0.1, 0.15) is 0 Å². The number of nitrogens with zero attached hydrogens (tertiary/aromatic N) is 1. The summed E-state index contributed by atoms with van der Waals surface area (Å²) >= 11 is 0. The first kappa shape index (κ1) is 12.1. The second-order valence-electron chi connectivity index (χ2n) is 4.68. The number of carbonyl (C=O) groups is 1. The molecule has 1 N–H and O–H groups in total. The van der Waals surface area contributed by atoms with E-state index < -0.39 is 0 Å². The summed E-state index contributed by atoms with van der Waals surface area (Å²) in [4.78, 5) is 13.5. The summed E-state index contributed by atoms with van der Waals surface area (Å²) in [7, 11) is 0. The van der Waals surface area contributed by atoms with Crippen LogP contribution in [-0.2, 0) is 11.2 Å². The molecule has 0 aliphatic carbocycles. The first-order valence-corrected chi connectivity index (χ1v) is 6.22. The van der Waals surface area contributed by atoms with Gasteiger partial charge in [0, 0.05) is 32.0 Å². The standard InChI is InChI=1S/C14H19NO2/c16-11-13-9-14(17)15(10-13)8-4-7-12-5-2-1-3-6-12/h1-3,5-6,13,16H,4,7-11H2. The van der Waals surface area contributed by atoms with E-state index in [4.69, 9.17) is 5.11 Å². The summed E-state index contributed by atoms with van der Waals surface area (Å²) in [5, 5.41) is 9.03. The molecule has 0 saturated carbocycles. The summed E-state index contributed by atoms with van der Waals surface area (Å²) in [5.41, 5.74) is 1.32. The molecule has 3 heteroatoms. The maximum Gasteiger partial charge on any atom is 0.223 e. The van der Waals surface area contributed by atoms with Crippen LogP contribution in [0.1, 0.15) is 18.4 Å². The largest absolute Gasteiger partial charge is 0.396 e. The molecule has 0 bridgehead atoms. The molecular weight excluding hydrogens is 214 g/mol. The van der Waals surface area contributed by atoms with Crippen molar-refractivity contribution in [2.45, 2.75) is 19.3 Å². The van der Waals surface area contributed by atoms with E-state index in [-0.39, 0.29) is 18.4 Å². The van der Waals surface area contributed by atoms with Gasteiger partial charge in [-0.1, -0.05) is 30.3 Å². The van der Waals surface area contributed by atoms with Crippen LogP contribution in [0.4, 0.5) is 0 Å². The number of hydrogen-bond donors (Lipinski definition) is 1. The lowest BCUT2D eigenvalue weighted by Crippen LogP contribution is -2.27. The number of carbonyl (C=O) groups excluding carboxylic acids is 1. The topological polar surface area (TPSA) is 40.5 Å². The van der Waals surface area contributed by atoms with Gasteiger partial charge in [0.05, 0.1) is 0 Å². The van der Waals surface area contributed by atoms with E-state index >= 15 is 0 Å². The monoisotopic (exact) mass is 233 g/mol. The highest BCUT2D eigenvalue weighted by Gasteiger charge is 2.28. The smallest absolute Gasteiger partial charge is 0.223 e. The average molecular weight is 233 g/mol. The summed E-state index contributed by atoms with van der Waals surface area (Å²) in [6.45, 7) is 1.66. The van der Waals surface area contributed by atoms with Crippen molar-refractivity contribution in [3.8, 4) is 0 Å². The van der Waals surface area contributed by atoms with Crippen molar-refractivity contribution in [3.05, 3.63) is 35.9 Å². The first-order valence-electron chi connectivity index (χ1n) is 6.22. The minimum absolute atomic E-state index is 0.126. The normalized spacial score (nSPS) is 19.9. The van der Waals surface area contributed by atoms with Crippen LogP contribution in [0.25, 0.3) is 0 Å². The third-order valence-electron chi connectivity index (χ3n) is 3.29. The van der Waals surface area contributed by atoms with Gasteiger partial charge in [-0.25, -0.2) is 0 Å². The molecular formula is C14H19NO2. The summed E-state index contributed by atoms with van der Waals surface area (Å²) in [6.07, 6.45) is 2.52.